The van der Waals surface area contributed by atoms with E-state index in [1.807, 2.05) is 0 Å². The van der Waals surface area contributed by atoms with Crippen LogP contribution in [0.5, 0.6) is 5.75 Å². The van der Waals surface area contributed by atoms with Gasteiger partial charge in [-0.05, 0) is 30.3 Å². The van der Waals surface area contributed by atoms with Crippen LogP contribution in [0.3, 0.4) is 0 Å². The Balaban J connectivity index is 1.89. The number of hydrogen-bond acceptors (Lipinski definition) is 4. The molecule has 0 aromatic heterocycles. The minimum Gasteiger partial charge on any atom is -0.489 e. The van der Waals surface area contributed by atoms with Gasteiger partial charge in [-0.15, -0.1) is 0 Å². The van der Waals surface area contributed by atoms with Crippen LogP contribution < -0.4 is 15.2 Å². The number of likely N-dealkylation sites (N-methyl/N-ethyl adjacent to an activating group) is 1. The lowest BCUT2D eigenvalue weighted by Crippen LogP contribution is -2.34. The minimum atomic E-state index is -3.85. The molecule has 0 radical (unpaired) electrons. The van der Waals surface area contributed by atoms with Gasteiger partial charge in [0.1, 0.15) is 6.61 Å². The number of benzene rings is 2. The smallest absolute Gasteiger partial charge is 0.321 e. The van der Waals surface area contributed by atoms with Crippen molar-refractivity contribution in [3.8, 4) is 5.75 Å². The van der Waals surface area contributed by atoms with Gasteiger partial charge >= 0.3 is 6.03 Å². The molecular weight excluding hydrogens is 349 g/mol. The number of para-hydroxylation sites is 1. The molecule has 0 heterocycles. The summed E-state index contributed by atoms with van der Waals surface area (Å²) in [7, 11) is -2.32. The van der Waals surface area contributed by atoms with Gasteiger partial charge in [-0.3, -0.25) is 0 Å². The van der Waals surface area contributed by atoms with Crippen LogP contribution >= 0.6 is 0 Å². The zero-order valence-electron chi connectivity index (χ0n) is 13.5. The summed E-state index contributed by atoms with van der Waals surface area (Å²) in [5.41, 5.74) is 0.290. The highest BCUT2D eigenvalue weighted by molar-refractivity contribution is 7.89. The van der Waals surface area contributed by atoms with E-state index in [0.717, 1.165) is 0 Å². The van der Waals surface area contributed by atoms with Crippen LogP contribution in [0.4, 0.5) is 14.9 Å². The SMILES string of the molecule is CN(CCOc1ccccc1F)C(=O)Nc1cccc(S(N)(=O)=O)c1. The fourth-order valence-corrected chi connectivity index (χ4v) is 2.49. The number of ether oxygens (including phenoxy) is 1. The lowest BCUT2D eigenvalue weighted by Gasteiger charge is -2.18. The molecule has 0 spiro atoms. The summed E-state index contributed by atoms with van der Waals surface area (Å²) in [6.45, 7) is 0.303. The van der Waals surface area contributed by atoms with Crippen LogP contribution in [-0.4, -0.2) is 39.5 Å². The normalized spacial score (nSPS) is 11.0. The molecule has 0 saturated heterocycles. The van der Waals surface area contributed by atoms with E-state index in [0.29, 0.717) is 5.69 Å². The molecule has 9 heteroatoms. The highest BCUT2D eigenvalue weighted by Gasteiger charge is 2.12. The van der Waals surface area contributed by atoms with E-state index in [1.54, 1.807) is 12.1 Å². The van der Waals surface area contributed by atoms with Crippen LogP contribution in [0.25, 0.3) is 0 Å². The number of rotatable bonds is 6. The molecule has 2 rings (SSSR count). The van der Waals surface area contributed by atoms with Crippen LogP contribution in [0, 0.1) is 5.82 Å². The van der Waals surface area contributed by atoms with E-state index in [1.165, 1.54) is 48.3 Å². The zero-order chi connectivity index (χ0) is 18.4. The Hall–Kier alpha value is -2.65. The first-order valence-electron chi connectivity index (χ1n) is 7.29. The predicted octanol–water partition coefficient (Wildman–Crippen LogP) is 2.02. The summed E-state index contributed by atoms with van der Waals surface area (Å²) >= 11 is 0. The first-order chi connectivity index (χ1) is 11.8. The van der Waals surface area contributed by atoms with Crippen molar-refractivity contribution < 1.29 is 22.3 Å². The Morgan fingerprint density at radius 1 is 1.24 bits per heavy atom. The first kappa shape index (κ1) is 18.7. The molecule has 0 unspecified atom stereocenters. The number of hydrogen-bond donors (Lipinski definition) is 2. The molecule has 0 saturated carbocycles. The number of urea groups is 1. The van der Waals surface area contributed by atoms with Crippen molar-refractivity contribution in [2.75, 3.05) is 25.5 Å². The second kappa shape index (κ2) is 7.95. The Morgan fingerprint density at radius 2 is 1.96 bits per heavy atom. The quantitative estimate of drug-likeness (QED) is 0.815. The topological polar surface area (TPSA) is 102 Å². The molecule has 0 aliphatic carbocycles. The van der Waals surface area contributed by atoms with Gasteiger partial charge in [0, 0.05) is 12.7 Å². The second-order valence-corrected chi connectivity index (χ2v) is 6.76. The van der Waals surface area contributed by atoms with Crippen LogP contribution in [0.2, 0.25) is 0 Å². The maximum absolute atomic E-state index is 13.4. The van der Waals surface area contributed by atoms with Crippen molar-refractivity contribution in [1.29, 1.82) is 0 Å². The Morgan fingerprint density at radius 3 is 2.64 bits per heavy atom. The van der Waals surface area contributed by atoms with Gasteiger partial charge in [-0.25, -0.2) is 22.7 Å². The Bertz CT molecular complexity index is 858. The van der Waals surface area contributed by atoms with Gasteiger partial charge in [-0.2, -0.15) is 0 Å². The van der Waals surface area contributed by atoms with Crippen molar-refractivity contribution >= 4 is 21.7 Å². The lowest BCUT2D eigenvalue weighted by atomic mass is 10.3. The van der Waals surface area contributed by atoms with Crippen molar-refractivity contribution in [1.82, 2.24) is 4.90 Å². The van der Waals surface area contributed by atoms with Crippen molar-refractivity contribution in [3.05, 3.63) is 54.3 Å². The molecular formula is C16H18FN3O4S. The summed E-state index contributed by atoms with van der Waals surface area (Å²) in [5.74, 6) is -0.369. The number of nitrogens with two attached hydrogens (primary N) is 1. The van der Waals surface area contributed by atoms with Gasteiger partial charge in [0.05, 0.1) is 11.4 Å². The zero-order valence-corrected chi connectivity index (χ0v) is 14.3. The molecule has 134 valence electrons. The summed E-state index contributed by atoms with van der Waals surface area (Å²) < 4.78 is 41.3. The van der Waals surface area contributed by atoms with Crippen LogP contribution in [0.15, 0.2) is 53.4 Å². The molecule has 3 N–H and O–H groups in total. The summed E-state index contributed by atoms with van der Waals surface area (Å²) in [6, 6.07) is 11.1. The predicted molar refractivity (Wildman–Crippen MR) is 91.4 cm³/mol. The molecule has 0 fully saturated rings. The second-order valence-electron chi connectivity index (χ2n) is 5.20. The van der Waals surface area contributed by atoms with Gasteiger partial charge in [0.15, 0.2) is 11.6 Å². The van der Waals surface area contributed by atoms with E-state index in [-0.39, 0.29) is 23.8 Å². The van der Waals surface area contributed by atoms with E-state index in [4.69, 9.17) is 9.88 Å². The van der Waals surface area contributed by atoms with E-state index >= 15 is 0 Å². The van der Waals surface area contributed by atoms with Gasteiger partial charge < -0.3 is 15.0 Å². The monoisotopic (exact) mass is 367 g/mol. The molecule has 0 aliphatic rings. The Labute approximate surface area is 145 Å². The maximum atomic E-state index is 13.4. The van der Waals surface area contributed by atoms with Crippen LogP contribution in [0.1, 0.15) is 0 Å². The highest BCUT2D eigenvalue weighted by Crippen LogP contribution is 2.16. The molecule has 2 aromatic rings. The highest BCUT2D eigenvalue weighted by atomic mass is 32.2. The summed E-state index contributed by atoms with van der Waals surface area (Å²) in [4.78, 5) is 13.3. The third-order valence-electron chi connectivity index (χ3n) is 3.28. The lowest BCUT2D eigenvalue weighted by molar-refractivity contribution is 0.206. The Kier molecular flexibility index (Phi) is 5.94. The van der Waals surface area contributed by atoms with Gasteiger partial charge in [0.2, 0.25) is 10.0 Å². The maximum Gasteiger partial charge on any atom is 0.321 e. The minimum absolute atomic E-state index is 0.0993. The van der Waals surface area contributed by atoms with E-state index in [2.05, 4.69) is 5.32 Å². The summed E-state index contributed by atoms with van der Waals surface area (Å²) in [6.07, 6.45) is 0. The molecule has 7 nitrogen and oxygen atoms in total. The number of sulfonamides is 1. The average Bonchev–Trinajstić information content (AvgIpc) is 2.56. The fourth-order valence-electron chi connectivity index (χ4n) is 1.93. The third-order valence-corrected chi connectivity index (χ3v) is 4.19. The number of primary sulfonamides is 1. The molecule has 0 aliphatic heterocycles. The first-order valence-corrected chi connectivity index (χ1v) is 8.84. The van der Waals surface area contributed by atoms with Crippen molar-refractivity contribution in [3.63, 3.8) is 0 Å². The molecule has 25 heavy (non-hydrogen) atoms. The molecule has 0 bridgehead atoms. The number of nitrogens with zero attached hydrogens (tertiary/aromatic N) is 1. The van der Waals surface area contributed by atoms with Crippen molar-refractivity contribution in [2.24, 2.45) is 5.14 Å². The average molecular weight is 367 g/mol. The van der Waals surface area contributed by atoms with Crippen LogP contribution in [-0.2, 0) is 10.0 Å². The fraction of sp³-hybridized carbons (Fsp3) is 0.188. The van der Waals surface area contributed by atoms with Gasteiger partial charge in [-0.1, -0.05) is 18.2 Å². The number of amides is 2. The largest absolute Gasteiger partial charge is 0.489 e. The molecule has 2 amide bonds. The number of nitrogens with one attached hydrogen (secondary N) is 1. The standard InChI is InChI=1S/C16H18FN3O4S/c1-20(9-10-24-15-8-3-2-7-14(15)17)16(21)19-12-5-4-6-13(11-12)25(18,22)23/h2-8,11H,9-10H2,1H3,(H,19,21)(H2,18,22,23). The molecule has 0 atom stereocenters. The van der Waals surface area contributed by atoms with E-state index < -0.39 is 21.9 Å². The number of anilines is 1. The van der Waals surface area contributed by atoms with Gasteiger partial charge in [0.25, 0.3) is 0 Å². The van der Waals surface area contributed by atoms with E-state index in [9.17, 15) is 17.6 Å². The number of carbonyl (C=O) groups excluding carboxylic acids is 1. The molecule has 2 aromatic carbocycles. The van der Waals surface area contributed by atoms with Crippen molar-refractivity contribution in [2.45, 2.75) is 4.90 Å². The number of carbonyl (C=O) groups is 1. The number of halogens is 1. The summed E-state index contributed by atoms with van der Waals surface area (Å²) in [5, 5.41) is 7.60. The third kappa shape index (κ3) is 5.44.